The Labute approximate surface area is 103 Å². The Bertz CT molecular complexity index is 292. The second kappa shape index (κ2) is 6.84. The Kier molecular flexibility index (Phi) is 5.74. The number of pyridine rings is 1. The first-order valence-corrected chi connectivity index (χ1v) is 5.71. The average Bonchev–Trinajstić information content (AvgIpc) is 2.31. The van der Waals surface area contributed by atoms with Crippen LogP contribution in [0.25, 0.3) is 0 Å². The third-order valence-electron chi connectivity index (χ3n) is 3.05. The van der Waals surface area contributed by atoms with Gasteiger partial charge in [-0.25, -0.2) is 0 Å². The first kappa shape index (κ1) is 13.4. The van der Waals surface area contributed by atoms with Crippen LogP contribution in [-0.4, -0.2) is 29.5 Å². The topological polar surface area (TPSA) is 42.1 Å². The molecule has 0 amide bonds. The zero-order valence-corrected chi connectivity index (χ0v) is 10.3. The van der Waals surface area contributed by atoms with Gasteiger partial charge in [-0.2, -0.15) is 0 Å². The molecule has 90 valence electrons. The Morgan fingerprint density at radius 2 is 2.31 bits per heavy atom. The van der Waals surface area contributed by atoms with Crippen LogP contribution >= 0.6 is 12.4 Å². The Morgan fingerprint density at radius 1 is 1.44 bits per heavy atom. The number of piperidine rings is 1. The number of likely N-dealkylation sites (tertiary alicyclic amines) is 1. The predicted molar refractivity (Wildman–Crippen MR) is 68.5 cm³/mol. The van der Waals surface area contributed by atoms with Crippen molar-refractivity contribution in [2.24, 2.45) is 11.7 Å². The van der Waals surface area contributed by atoms with Crippen LogP contribution in [0.1, 0.15) is 18.5 Å². The largest absolute Gasteiger partial charge is 0.330 e. The number of aromatic nitrogens is 1. The van der Waals surface area contributed by atoms with E-state index in [-0.39, 0.29) is 12.4 Å². The average molecular weight is 242 g/mol. The van der Waals surface area contributed by atoms with Gasteiger partial charge < -0.3 is 5.73 Å². The van der Waals surface area contributed by atoms with Crippen LogP contribution in [0.15, 0.2) is 24.4 Å². The van der Waals surface area contributed by atoms with E-state index in [1.54, 1.807) is 0 Å². The smallest absolute Gasteiger partial charge is 0.0543 e. The monoisotopic (exact) mass is 241 g/mol. The van der Waals surface area contributed by atoms with Gasteiger partial charge in [0.05, 0.1) is 5.69 Å². The quantitative estimate of drug-likeness (QED) is 0.876. The molecule has 1 aromatic rings. The highest BCUT2D eigenvalue weighted by Crippen LogP contribution is 2.16. The van der Waals surface area contributed by atoms with Gasteiger partial charge in [0.25, 0.3) is 0 Å². The van der Waals surface area contributed by atoms with Crippen molar-refractivity contribution in [3.05, 3.63) is 30.1 Å². The molecule has 0 spiro atoms. The Hall–Kier alpha value is -0.640. The molecule has 1 saturated heterocycles. The highest BCUT2D eigenvalue weighted by atomic mass is 35.5. The second-order valence-corrected chi connectivity index (χ2v) is 4.30. The summed E-state index contributed by atoms with van der Waals surface area (Å²) in [5, 5.41) is 0. The molecule has 0 aromatic carbocycles. The SMILES string of the molecule is Cl.NCC1CCCN(Cc2ccccn2)C1. The summed E-state index contributed by atoms with van der Waals surface area (Å²) < 4.78 is 0. The molecule has 1 aromatic heterocycles. The van der Waals surface area contributed by atoms with Crippen LogP contribution < -0.4 is 5.73 Å². The maximum Gasteiger partial charge on any atom is 0.0543 e. The first-order chi connectivity index (χ1) is 7.38. The normalized spacial score (nSPS) is 21.4. The van der Waals surface area contributed by atoms with Gasteiger partial charge in [-0.3, -0.25) is 9.88 Å². The fraction of sp³-hybridized carbons (Fsp3) is 0.583. The molecule has 0 aliphatic carbocycles. The number of nitrogens with zero attached hydrogens (tertiary/aromatic N) is 2. The van der Waals surface area contributed by atoms with Crippen molar-refractivity contribution in [3.8, 4) is 0 Å². The van der Waals surface area contributed by atoms with E-state index in [4.69, 9.17) is 5.73 Å². The molecule has 1 fully saturated rings. The van der Waals surface area contributed by atoms with E-state index >= 15 is 0 Å². The fourth-order valence-electron chi connectivity index (χ4n) is 2.21. The minimum absolute atomic E-state index is 0. The van der Waals surface area contributed by atoms with Gasteiger partial charge in [-0.15, -0.1) is 12.4 Å². The first-order valence-electron chi connectivity index (χ1n) is 5.71. The van der Waals surface area contributed by atoms with Crippen LogP contribution in [0.4, 0.5) is 0 Å². The van der Waals surface area contributed by atoms with Crippen LogP contribution in [0.5, 0.6) is 0 Å². The summed E-state index contributed by atoms with van der Waals surface area (Å²) in [6, 6.07) is 6.10. The summed E-state index contributed by atoms with van der Waals surface area (Å²) in [5.74, 6) is 0.683. The van der Waals surface area contributed by atoms with Crippen LogP contribution in [0, 0.1) is 5.92 Å². The summed E-state index contributed by atoms with van der Waals surface area (Å²) in [6.45, 7) is 4.11. The Morgan fingerprint density at radius 3 is 3.00 bits per heavy atom. The summed E-state index contributed by atoms with van der Waals surface area (Å²) in [6.07, 6.45) is 4.42. The van der Waals surface area contributed by atoms with Crippen molar-refractivity contribution in [3.63, 3.8) is 0 Å². The predicted octanol–water partition coefficient (Wildman–Crippen LogP) is 1.67. The van der Waals surface area contributed by atoms with Crippen molar-refractivity contribution >= 4 is 12.4 Å². The Balaban J connectivity index is 0.00000128. The molecule has 1 aliphatic heterocycles. The fourth-order valence-corrected chi connectivity index (χ4v) is 2.21. The standard InChI is InChI=1S/C12H19N3.ClH/c13-8-11-4-3-7-15(9-11)10-12-5-1-2-6-14-12;/h1-2,5-6,11H,3-4,7-10,13H2;1H. The van der Waals surface area contributed by atoms with Gasteiger partial charge in [0.2, 0.25) is 0 Å². The molecule has 16 heavy (non-hydrogen) atoms. The summed E-state index contributed by atoms with van der Waals surface area (Å²) >= 11 is 0. The number of rotatable bonds is 3. The van der Waals surface area contributed by atoms with E-state index in [2.05, 4.69) is 16.0 Å². The van der Waals surface area contributed by atoms with Crippen molar-refractivity contribution < 1.29 is 0 Å². The van der Waals surface area contributed by atoms with Crippen LogP contribution in [0.2, 0.25) is 0 Å². The van der Waals surface area contributed by atoms with Gasteiger partial charge in [0.15, 0.2) is 0 Å². The minimum Gasteiger partial charge on any atom is -0.330 e. The van der Waals surface area contributed by atoms with Crippen molar-refractivity contribution in [2.45, 2.75) is 19.4 Å². The zero-order valence-electron chi connectivity index (χ0n) is 9.51. The summed E-state index contributed by atoms with van der Waals surface area (Å²) in [7, 11) is 0. The molecule has 3 nitrogen and oxygen atoms in total. The maximum atomic E-state index is 5.72. The van der Waals surface area contributed by atoms with Crippen molar-refractivity contribution in [2.75, 3.05) is 19.6 Å². The van der Waals surface area contributed by atoms with Gasteiger partial charge in [0.1, 0.15) is 0 Å². The highest BCUT2D eigenvalue weighted by Gasteiger charge is 2.18. The van der Waals surface area contributed by atoms with Crippen LogP contribution in [-0.2, 0) is 6.54 Å². The molecule has 2 rings (SSSR count). The molecule has 0 saturated carbocycles. The number of hydrogen-bond acceptors (Lipinski definition) is 3. The minimum atomic E-state index is 0. The third-order valence-corrected chi connectivity index (χ3v) is 3.05. The van der Waals surface area contributed by atoms with E-state index in [0.29, 0.717) is 5.92 Å². The van der Waals surface area contributed by atoms with Crippen molar-refractivity contribution in [1.82, 2.24) is 9.88 Å². The molecular formula is C12H20ClN3. The highest BCUT2D eigenvalue weighted by molar-refractivity contribution is 5.85. The van der Waals surface area contributed by atoms with Crippen molar-refractivity contribution in [1.29, 1.82) is 0 Å². The number of hydrogen-bond donors (Lipinski definition) is 1. The lowest BCUT2D eigenvalue weighted by Crippen LogP contribution is -2.37. The second-order valence-electron chi connectivity index (χ2n) is 4.30. The van der Waals surface area contributed by atoms with E-state index < -0.39 is 0 Å². The molecule has 0 radical (unpaired) electrons. The molecular weight excluding hydrogens is 222 g/mol. The summed E-state index contributed by atoms with van der Waals surface area (Å²) in [4.78, 5) is 6.81. The molecule has 0 bridgehead atoms. The molecule has 2 heterocycles. The lowest BCUT2D eigenvalue weighted by atomic mass is 9.98. The molecule has 4 heteroatoms. The number of halogens is 1. The summed E-state index contributed by atoms with van der Waals surface area (Å²) in [5.41, 5.74) is 6.88. The number of nitrogens with two attached hydrogens (primary N) is 1. The van der Waals surface area contributed by atoms with Gasteiger partial charge in [0, 0.05) is 19.3 Å². The van der Waals surface area contributed by atoms with Crippen LogP contribution in [0.3, 0.4) is 0 Å². The molecule has 1 atom stereocenters. The maximum absolute atomic E-state index is 5.72. The third kappa shape index (κ3) is 3.74. The van der Waals surface area contributed by atoms with E-state index in [9.17, 15) is 0 Å². The lowest BCUT2D eigenvalue weighted by molar-refractivity contribution is 0.169. The van der Waals surface area contributed by atoms with E-state index in [1.807, 2.05) is 18.3 Å². The van der Waals surface area contributed by atoms with E-state index in [1.165, 1.54) is 19.4 Å². The zero-order chi connectivity index (χ0) is 10.5. The van der Waals surface area contributed by atoms with Gasteiger partial charge in [-0.05, 0) is 44.0 Å². The van der Waals surface area contributed by atoms with E-state index in [0.717, 1.165) is 25.3 Å². The molecule has 2 N–H and O–H groups in total. The molecule has 1 unspecified atom stereocenters. The lowest BCUT2D eigenvalue weighted by Gasteiger charge is -2.31. The van der Waals surface area contributed by atoms with Gasteiger partial charge >= 0.3 is 0 Å². The molecule has 1 aliphatic rings. The van der Waals surface area contributed by atoms with Gasteiger partial charge in [-0.1, -0.05) is 6.07 Å².